The SMILES string of the molecule is CC(CN)c1nc2cccnc2n1C1CC1. The molecule has 1 saturated carbocycles. The molecule has 1 aliphatic carbocycles. The van der Waals surface area contributed by atoms with Gasteiger partial charge < -0.3 is 10.3 Å². The van der Waals surface area contributed by atoms with Crippen molar-refractivity contribution < 1.29 is 0 Å². The van der Waals surface area contributed by atoms with E-state index in [9.17, 15) is 0 Å². The Labute approximate surface area is 94.5 Å². The summed E-state index contributed by atoms with van der Waals surface area (Å²) in [5.41, 5.74) is 7.75. The lowest BCUT2D eigenvalue weighted by atomic mass is 10.2. The van der Waals surface area contributed by atoms with Gasteiger partial charge in [0.05, 0.1) is 0 Å². The van der Waals surface area contributed by atoms with Gasteiger partial charge in [-0.3, -0.25) is 0 Å². The molecule has 1 atom stereocenters. The predicted octanol–water partition coefficient (Wildman–Crippen LogP) is 1.83. The summed E-state index contributed by atoms with van der Waals surface area (Å²) >= 11 is 0. The van der Waals surface area contributed by atoms with Gasteiger partial charge in [-0.05, 0) is 25.0 Å². The van der Waals surface area contributed by atoms with Crippen LogP contribution >= 0.6 is 0 Å². The van der Waals surface area contributed by atoms with Crippen LogP contribution in [-0.4, -0.2) is 21.1 Å². The first-order chi connectivity index (χ1) is 7.81. The lowest BCUT2D eigenvalue weighted by Gasteiger charge is -2.11. The van der Waals surface area contributed by atoms with Gasteiger partial charge in [-0.2, -0.15) is 0 Å². The minimum Gasteiger partial charge on any atom is -0.330 e. The minimum absolute atomic E-state index is 0.301. The van der Waals surface area contributed by atoms with Crippen molar-refractivity contribution in [1.82, 2.24) is 14.5 Å². The van der Waals surface area contributed by atoms with Crippen LogP contribution in [0.15, 0.2) is 18.3 Å². The fourth-order valence-electron chi connectivity index (χ4n) is 2.09. The molecule has 2 heterocycles. The molecule has 84 valence electrons. The molecular formula is C12H16N4. The first kappa shape index (κ1) is 9.78. The summed E-state index contributed by atoms with van der Waals surface area (Å²) in [4.78, 5) is 9.10. The molecule has 0 radical (unpaired) electrons. The molecule has 0 spiro atoms. The van der Waals surface area contributed by atoms with Crippen molar-refractivity contribution >= 4 is 11.2 Å². The van der Waals surface area contributed by atoms with E-state index in [0.29, 0.717) is 18.5 Å². The second kappa shape index (κ2) is 3.56. The summed E-state index contributed by atoms with van der Waals surface area (Å²) in [7, 11) is 0. The van der Waals surface area contributed by atoms with Gasteiger partial charge in [-0.1, -0.05) is 6.92 Å². The average Bonchev–Trinajstić information content (AvgIpc) is 3.08. The van der Waals surface area contributed by atoms with Crippen molar-refractivity contribution in [2.45, 2.75) is 31.7 Å². The Bertz CT molecular complexity index is 513. The second-order valence-electron chi connectivity index (χ2n) is 4.55. The molecule has 0 aromatic carbocycles. The van der Waals surface area contributed by atoms with Gasteiger partial charge in [0.1, 0.15) is 11.3 Å². The van der Waals surface area contributed by atoms with E-state index in [1.165, 1.54) is 12.8 Å². The first-order valence-corrected chi connectivity index (χ1v) is 5.84. The summed E-state index contributed by atoms with van der Waals surface area (Å²) in [6.07, 6.45) is 4.32. The number of hydrogen-bond donors (Lipinski definition) is 1. The number of fused-ring (bicyclic) bond motifs is 1. The maximum Gasteiger partial charge on any atom is 0.160 e. The van der Waals surface area contributed by atoms with Crippen LogP contribution in [0.2, 0.25) is 0 Å². The van der Waals surface area contributed by atoms with Crippen molar-refractivity contribution in [3.8, 4) is 0 Å². The van der Waals surface area contributed by atoms with Gasteiger partial charge >= 0.3 is 0 Å². The van der Waals surface area contributed by atoms with E-state index in [4.69, 9.17) is 5.73 Å². The van der Waals surface area contributed by atoms with Crippen molar-refractivity contribution in [2.24, 2.45) is 5.73 Å². The van der Waals surface area contributed by atoms with Crippen LogP contribution in [-0.2, 0) is 0 Å². The zero-order chi connectivity index (χ0) is 11.1. The molecule has 2 aromatic rings. The van der Waals surface area contributed by atoms with Crippen LogP contribution in [0.3, 0.4) is 0 Å². The van der Waals surface area contributed by atoms with Gasteiger partial charge in [0.25, 0.3) is 0 Å². The fourth-order valence-corrected chi connectivity index (χ4v) is 2.09. The number of aromatic nitrogens is 3. The minimum atomic E-state index is 0.301. The van der Waals surface area contributed by atoms with E-state index >= 15 is 0 Å². The maximum absolute atomic E-state index is 5.74. The molecule has 0 bridgehead atoms. The van der Waals surface area contributed by atoms with Crippen molar-refractivity contribution in [1.29, 1.82) is 0 Å². The molecule has 0 aliphatic heterocycles. The normalized spacial score (nSPS) is 17.9. The average molecular weight is 216 g/mol. The monoisotopic (exact) mass is 216 g/mol. The third kappa shape index (κ3) is 1.41. The highest BCUT2D eigenvalue weighted by molar-refractivity contribution is 5.71. The Balaban J connectivity index is 2.22. The van der Waals surface area contributed by atoms with E-state index in [0.717, 1.165) is 17.0 Å². The quantitative estimate of drug-likeness (QED) is 0.851. The number of nitrogens with two attached hydrogens (primary N) is 1. The molecule has 1 fully saturated rings. The molecule has 1 unspecified atom stereocenters. The smallest absolute Gasteiger partial charge is 0.160 e. The van der Waals surface area contributed by atoms with Gasteiger partial charge in [0, 0.05) is 24.7 Å². The maximum atomic E-state index is 5.74. The number of pyridine rings is 1. The van der Waals surface area contributed by atoms with Crippen LogP contribution in [0.1, 0.15) is 37.5 Å². The van der Waals surface area contributed by atoms with Crippen LogP contribution in [0.4, 0.5) is 0 Å². The number of rotatable bonds is 3. The molecule has 4 nitrogen and oxygen atoms in total. The molecule has 0 saturated heterocycles. The zero-order valence-electron chi connectivity index (χ0n) is 9.43. The number of nitrogens with zero attached hydrogens (tertiary/aromatic N) is 3. The summed E-state index contributed by atoms with van der Waals surface area (Å²) < 4.78 is 2.28. The lowest BCUT2D eigenvalue weighted by molar-refractivity contribution is 0.625. The lowest BCUT2D eigenvalue weighted by Crippen LogP contribution is -2.14. The highest BCUT2D eigenvalue weighted by atomic mass is 15.2. The van der Waals surface area contributed by atoms with Crippen LogP contribution in [0, 0.1) is 0 Å². The Kier molecular flexibility index (Phi) is 2.17. The Morgan fingerprint density at radius 3 is 3.06 bits per heavy atom. The summed E-state index contributed by atoms with van der Waals surface area (Å²) in [5, 5.41) is 0. The number of imidazole rings is 1. The van der Waals surface area contributed by atoms with E-state index < -0.39 is 0 Å². The van der Waals surface area contributed by atoms with Gasteiger partial charge in [0.2, 0.25) is 0 Å². The summed E-state index contributed by atoms with van der Waals surface area (Å²) in [5.74, 6) is 1.40. The molecule has 2 aromatic heterocycles. The molecule has 1 aliphatic rings. The van der Waals surface area contributed by atoms with E-state index in [1.807, 2.05) is 18.3 Å². The summed E-state index contributed by atoms with van der Waals surface area (Å²) in [6, 6.07) is 4.56. The molecule has 2 N–H and O–H groups in total. The second-order valence-corrected chi connectivity index (χ2v) is 4.55. The first-order valence-electron chi connectivity index (χ1n) is 5.84. The predicted molar refractivity (Wildman–Crippen MR) is 63.3 cm³/mol. The van der Waals surface area contributed by atoms with Gasteiger partial charge in [-0.15, -0.1) is 0 Å². The van der Waals surface area contributed by atoms with Crippen LogP contribution in [0.5, 0.6) is 0 Å². The van der Waals surface area contributed by atoms with E-state index in [1.54, 1.807) is 0 Å². The van der Waals surface area contributed by atoms with E-state index in [-0.39, 0.29) is 0 Å². The highest BCUT2D eigenvalue weighted by Crippen LogP contribution is 2.39. The Hall–Kier alpha value is -1.42. The van der Waals surface area contributed by atoms with Crippen LogP contribution in [0.25, 0.3) is 11.2 Å². The molecular weight excluding hydrogens is 200 g/mol. The highest BCUT2D eigenvalue weighted by Gasteiger charge is 2.29. The summed E-state index contributed by atoms with van der Waals surface area (Å²) in [6.45, 7) is 2.76. The number of hydrogen-bond acceptors (Lipinski definition) is 3. The molecule has 16 heavy (non-hydrogen) atoms. The third-order valence-electron chi connectivity index (χ3n) is 3.18. The van der Waals surface area contributed by atoms with Crippen LogP contribution < -0.4 is 5.73 Å². The van der Waals surface area contributed by atoms with Gasteiger partial charge in [0.15, 0.2) is 5.65 Å². The Morgan fingerprint density at radius 2 is 2.38 bits per heavy atom. The zero-order valence-corrected chi connectivity index (χ0v) is 9.43. The Morgan fingerprint density at radius 1 is 1.56 bits per heavy atom. The fraction of sp³-hybridized carbons (Fsp3) is 0.500. The largest absolute Gasteiger partial charge is 0.330 e. The molecule has 4 heteroatoms. The topological polar surface area (TPSA) is 56.7 Å². The van der Waals surface area contributed by atoms with E-state index in [2.05, 4.69) is 21.5 Å². The van der Waals surface area contributed by atoms with Crippen molar-refractivity contribution in [3.63, 3.8) is 0 Å². The third-order valence-corrected chi connectivity index (χ3v) is 3.18. The molecule has 3 rings (SSSR count). The van der Waals surface area contributed by atoms with Gasteiger partial charge in [-0.25, -0.2) is 9.97 Å². The van der Waals surface area contributed by atoms with Crippen molar-refractivity contribution in [3.05, 3.63) is 24.2 Å². The van der Waals surface area contributed by atoms with Crippen molar-refractivity contribution in [2.75, 3.05) is 6.54 Å². The standard InChI is InChI=1S/C12H16N4/c1-8(7-13)11-15-10-3-2-6-14-12(10)16(11)9-4-5-9/h2-3,6,8-9H,4-5,7,13H2,1H3. The molecule has 0 amide bonds.